The summed E-state index contributed by atoms with van der Waals surface area (Å²) in [4.78, 5) is 49.0. The van der Waals surface area contributed by atoms with Gasteiger partial charge in [-0.2, -0.15) is 5.10 Å². The molecule has 0 bridgehead atoms. The van der Waals surface area contributed by atoms with Crippen LogP contribution in [0.25, 0.3) is 22.2 Å². The average Bonchev–Trinajstić information content (AvgIpc) is 3.70. The van der Waals surface area contributed by atoms with Crippen LogP contribution in [0.15, 0.2) is 67.0 Å². The number of ether oxygens (including phenoxy) is 5. The molecule has 1 unspecified atom stereocenters. The predicted octanol–water partition coefficient (Wildman–Crippen LogP) is 4.58. The number of carbonyl (C=O) groups excluding carboxylic acids is 3. The lowest BCUT2D eigenvalue weighted by atomic mass is 10.0. The molecule has 306 valence electrons. The van der Waals surface area contributed by atoms with Gasteiger partial charge in [0.1, 0.15) is 41.3 Å². The van der Waals surface area contributed by atoms with E-state index < -0.39 is 23.8 Å². The number of fused-ring (bicyclic) bond motifs is 2. The first kappa shape index (κ1) is 39.5. The highest BCUT2D eigenvalue weighted by molar-refractivity contribution is 6.23. The Morgan fingerprint density at radius 2 is 1.60 bits per heavy atom. The van der Waals surface area contributed by atoms with Crippen LogP contribution in [0.2, 0.25) is 0 Å². The van der Waals surface area contributed by atoms with E-state index >= 15 is 0 Å². The number of H-pyrrole nitrogens is 1. The molecule has 2 aromatic carbocycles. The lowest BCUT2D eigenvalue weighted by molar-refractivity contribution is -0.125. The van der Waals surface area contributed by atoms with Crippen LogP contribution < -0.4 is 19.7 Å². The van der Waals surface area contributed by atoms with Gasteiger partial charge in [-0.15, -0.1) is 0 Å². The number of aromatic nitrogens is 3. The van der Waals surface area contributed by atoms with E-state index in [4.69, 9.17) is 28.7 Å². The van der Waals surface area contributed by atoms with Crippen LogP contribution in [0.5, 0.6) is 11.5 Å². The number of carbonyl (C=O) groups is 3. The summed E-state index contributed by atoms with van der Waals surface area (Å²) in [5.41, 5.74) is 3.94. The van der Waals surface area contributed by atoms with E-state index in [1.165, 1.54) is 0 Å². The summed E-state index contributed by atoms with van der Waals surface area (Å²) >= 11 is 0. The number of benzene rings is 2. The van der Waals surface area contributed by atoms with Crippen molar-refractivity contribution in [3.05, 3.63) is 78.1 Å². The number of hydrogen-bond donors (Lipinski definition) is 2. The summed E-state index contributed by atoms with van der Waals surface area (Å²) in [6, 6.07) is 14.5. The Kier molecular flexibility index (Phi) is 11.7. The zero-order valence-electron chi connectivity index (χ0n) is 33.2. The molecule has 58 heavy (non-hydrogen) atoms. The minimum atomic E-state index is -0.850. The van der Waals surface area contributed by atoms with Crippen molar-refractivity contribution in [3.63, 3.8) is 0 Å². The highest BCUT2D eigenvalue weighted by atomic mass is 16.6. The summed E-state index contributed by atoms with van der Waals surface area (Å²) in [6.45, 7) is 14.7. The van der Waals surface area contributed by atoms with Gasteiger partial charge in [0, 0.05) is 55.1 Å². The summed E-state index contributed by atoms with van der Waals surface area (Å²) in [5.74, 6) is 0.904. The molecule has 3 aliphatic heterocycles. The van der Waals surface area contributed by atoms with Crippen LogP contribution in [0.3, 0.4) is 0 Å². The number of rotatable bonds is 18. The standard InChI is InChI=1S/C43H51N7O8/c1-28-4-9-37(40(51)45-28)50-41(52)33-7-5-31(25-34(33)42(50)53)57-23-22-56-21-20-55-19-18-54-17-16-48-14-15-49(27-29(48)2)38-24-30(10-13-44-38)39-35-26-32(58-43(3)11-12-43)6-8-36(35)46-47-39/h5-8,10,13,24-26,29,37H,1,4,9,11-12,14-23,27H2,2-3H3,(H,45,51)(H,46,47)/t29-,37?/m0/s1. The average molecular weight is 794 g/mol. The topological polar surface area (TPSA) is 161 Å². The molecule has 2 N–H and O–H groups in total. The third kappa shape index (κ3) is 8.87. The molecule has 8 rings (SSSR count). The lowest BCUT2D eigenvalue weighted by Crippen LogP contribution is -2.53. The molecule has 0 spiro atoms. The number of imide groups is 1. The molecular formula is C43H51N7O8. The molecule has 15 heteroatoms. The first-order chi connectivity index (χ1) is 28.2. The Morgan fingerprint density at radius 3 is 2.36 bits per heavy atom. The lowest BCUT2D eigenvalue weighted by Gasteiger charge is -2.40. The van der Waals surface area contributed by atoms with Crippen LogP contribution in [-0.4, -0.2) is 133 Å². The van der Waals surface area contributed by atoms with Gasteiger partial charge in [0.25, 0.3) is 11.8 Å². The molecule has 2 aromatic heterocycles. The fraction of sp³-hybridized carbons (Fsp3) is 0.465. The van der Waals surface area contributed by atoms with Crippen molar-refractivity contribution in [3.8, 4) is 22.8 Å². The largest absolute Gasteiger partial charge is 0.491 e. The normalized spacial score (nSPS) is 20.4. The van der Waals surface area contributed by atoms with Crippen LogP contribution in [0.1, 0.15) is 60.2 Å². The first-order valence-corrected chi connectivity index (χ1v) is 20.1. The molecule has 3 amide bonds. The molecule has 0 radical (unpaired) electrons. The van der Waals surface area contributed by atoms with E-state index in [1.807, 2.05) is 24.4 Å². The van der Waals surface area contributed by atoms with Gasteiger partial charge in [-0.1, -0.05) is 6.58 Å². The minimum absolute atomic E-state index is 0.0402. The van der Waals surface area contributed by atoms with E-state index in [0.717, 1.165) is 77.6 Å². The second-order valence-corrected chi connectivity index (χ2v) is 15.6. The van der Waals surface area contributed by atoms with Gasteiger partial charge in [-0.25, -0.2) is 4.98 Å². The fourth-order valence-corrected chi connectivity index (χ4v) is 7.68. The number of amides is 3. The molecular weight excluding hydrogens is 743 g/mol. The van der Waals surface area contributed by atoms with Gasteiger partial charge in [0.2, 0.25) is 5.91 Å². The first-order valence-electron chi connectivity index (χ1n) is 20.1. The number of hydrogen-bond acceptors (Lipinski definition) is 12. The Balaban J connectivity index is 0.685. The third-order valence-corrected chi connectivity index (χ3v) is 11.2. The smallest absolute Gasteiger partial charge is 0.262 e. The maximum Gasteiger partial charge on any atom is 0.262 e. The van der Waals surface area contributed by atoms with Crippen molar-refractivity contribution >= 4 is 34.4 Å². The number of allylic oxidation sites excluding steroid dienone is 1. The maximum absolute atomic E-state index is 13.1. The van der Waals surface area contributed by atoms with E-state index in [-0.39, 0.29) is 23.3 Å². The van der Waals surface area contributed by atoms with Gasteiger partial charge in [0.05, 0.1) is 56.3 Å². The second kappa shape index (κ2) is 17.2. The molecule has 5 heterocycles. The van der Waals surface area contributed by atoms with Gasteiger partial charge < -0.3 is 33.9 Å². The van der Waals surface area contributed by atoms with Crippen LogP contribution >= 0.6 is 0 Å². The molecule has 2 saturated heterocycles. The van der Waals surface area contributed by atoms with Gasteiger partial charge in [-0.3, -0.25) is 29.3 Å². The van der Waals surface area contributed by atoms with E-state index in [9.17, 15) is 14.4 Å². The van der Waals surface area contributed by atoms with Crippen molar-refractivity contribution in [2.24, 2.45) is 0 Å². The Labute approximate surface area is 337 Å². The number of piperidine rings is 1. The Hall–Kier alpha value is -5.35. The minimum Gasteiger partial charge on any atom is -0.491 e. The van der Waals surface area contributed by atoms with Gasteiger partial charge in [-0.05, 0) is 88.1 Å². The summed E-state index contributed by atoms with van der Waals surface area (Å²) in [7, 11) is 0. The van der Waals surface area contributed by atoms with E-state index in [1.54, 1.807) is 18.2 Å². The van der Waals surface area contributed by atoms with E-state index in [0.29, 0.717) is 70.0 Å². The Bertz CT molecular complexity index is 2170. The number of pyridine rings is 1. The molecule has 15 nitrogen and oxygen atoms in total. The number of piperazine rings is 1. The van der Waals surface area contributed by atoms with Crippen molar-refractivity contribution in [1.29, 1.82) is 0 Å². The van der Waals surface area contributed by atoms with Gasteiger partial charge >= 0.3 is 0 Å². The van der Waals surface area contributed by atoms with Crippen LogP contribution in [0, 0.1) is 0 Å². The quantitative estimate of drug-likeness (QED) is 0.107. The number of anilines is 1. The van der Waals surface area contributed by atoms with Crippen molar-refractivity contribution in [2.75, 3.05) is 77.3 Å². The van der Waals surface area contributed by atoms with Crippen molar-refractivity contribution < 1.29 is 38.1 Å². The zero-order chi connectivity index (χ0) is 40.2. The fourth-order valence-electron chi connectivity index (χ4n) is 7.68. The molecule has 4 aliphatic rings. The summed E-state index contributed by atoms with van der Waals surface area (Å²) in [6.07, 6.45) is 4.90. The highest BCUT2D eigenvalue weighted by Crippen LogP contribution is 2.41. The number of nitrogens with zero attached hydrogens (tertiary/aromatic N) is 5. The van der Waals surface area contributed by atoms with Gasteiger partial charge in [0.15, 0.2) is 0 Å². The summed E-state index contributed by atoms with van der Waals surface area (Å²) in [5, 5.41) is 11.5. The third-order valence-electron chi connectivity index (χ3n) is 11.2. The molecule has 3 fully saturated rings. The maximum atomic E-state index is 13.1. The second-order valence-electron chi connectivity index (χ2n) is 15.6. The predicted molar refractivity (Wildman–Crippen MR) is 216 cm³/mol. The number of nitrogens with one attached hydrogen (secondary N) is 2. The number of aromatic amines is 1. The zero-order valence-corrected chi connectivity index (χ0v) is 33.2. The Morgan fingerprint density at radius 1 is 0.862 bits per heavy atom. The summed E-state index contributed by atoms with van der Waals surface area (Å²) < 4.78 is 29.2. The monoisotopic (exact) mass is 793 g/mol. The molecule has 2 atom stereocenters. The molecule has 1 saturated carbocycles. The van der Waals surface area contributed by atoms with Crippen molar-refractivity contribution in [1.82, 2.24) is 30.3 Å². The van der Waals surface area contributed by atoms with Crippen LogP contribution in [0.4, 0.5) is 5.82 Å². The highest BCUT2D eigenvalue weighted by Gasteiger charge is 2.44. The van der Waals surface area contributed by atoms with Crippen molar-refractivity contribution in [2.45, 2.75) is 57.2 Å². The van der Waals surface area contributed by atoms with E-state index in [2.05, 4.69) is 57.9 Å². The molecule has 1 aliphatic carbocycles. The van der Waals surface area contributed by atoms with Crippen LogP contribution in [-0.2, 0) is 19.0 Å². The molecule has 4 aromatic rings. The SMILES string of the molecule is C=C1CCC(N2C(=O)c3ccc(OCCOCCOCCOCCN4CCN(c5cc(-c6n[nH]c7ccc(OC8(C)CC8)cc67)ccn5)C[C@@H]4C)cc3C2=O)C(=O)N1.